The first-order chi connectivity index (χ1) is 16.9. The van der Waals surface area contributed by atoms with Gasteiger partial charge in [0.05, 0.1) is 11.1 Å². The van der Waals surface area contributed by atoms with Crippen LogP contribution in [0.1, 0.15) is 20.8 Å². The van der Waals surface area contributed by atoms with E-state index < -0.39 is 40.3 Å². The van der Waals surface area contributed by atoms with Gasteiger partial charge in [-0.05, 0) is 122 Å². The van der Waals surface area contributed by atoms with Crippen LogP contribution in [-0.2, 0) is 12.4 Å². The number of carbonyl (C=O) groups is 1. The van der Waals surface area contributed by atoms with Crippen molar-refractivity contribution in [3.8, 4) is 5.75 Å². The van der Waals surface area contributed by atoms with E-state index in [2.05, 4.69) is 0 Å². The monoisotopic (exact) mass is 652 g/mol. The fraction of sp³-hybridized carbons (Fsp3) is 0.0800. The SMILES string of the molecule is O=C(Oc1ccc([SH](c2ccc(C(F)(F)F)cc2)c2ccc(C(F)(F)F)cc2)cc1)c1sccc1I. The van der Waals surface area contributed by atoms with E-state index in [1.54, 1.807) is 35.7 Å². The molecule has 0 bridgehead atoms. The van der Waals surface area contributed by atoms with E-state index in [0.29, 0.717) is 19.6 Å². The molecule has 0 amide bonds. The van der Waals surface area contributed by atoms with Crippen molar-refractivity contribution in [2.24, 2.45) is 0 Å². The minimum atomic E-state index is -4.51. The Hall–Kier alpha value is -2.51. The van der Waals surface area contributed by atoms with Gasteiger partial charge in [0.25, 0.3) is 0 Å². The third-order valence-corrected chi connectivity index (χ3v) is 9.62. The van der Waals surface area contributed by atoms with Crippen LogP contribution in [0.5, 0.6) is 5.75 Å². The van der Waals surface area contributed by atoms with E-state index >= 15 is 0 Å². The molecule has 0 saturated heterocycles. The van der Waals surface area contributed by atoms with Gasteiger partial charge < -0.3 is 4.74 Å². The maximum Gasteiger partial charge on any atom is 0.416 e. The molecule has 1 heterocycles. The molecule has 1 aromatic heterocycles. The van der Waals surface area contributed by atoms with E-state index in [1.807, 2.05) is 22.6 Å². The largest absolute Gasteiger partial charge is 0.422 e. The van der Waals surface area contributed by atoms with Gasteiger partial charge in [0.2, 0.25) is 0 Å². The highest BCUT2D eigenvalue weighted by Crippen LogP contribution is 2.52. The summed E-state index contributed by atoms with van der Waals surface area (Å²) in [4.78, 5) is 14.6. The normalized spacial score (nSPS) is 12.4. The number of alkyl halides is 6. The van der Waals surface area contributed by atoms with Gasteiger partial charge in [0.15, 0.2) is 0 Å². The second kappa shape index (κ2) is 10.5. The lowest BCUT2D eigenvalue weighted by Crippen LogP contribution is -2.07. The first-order valence-electron chi connectivity index (χ1n) is 10.1. The van der Waals surface area contributed by atoms with Gasteiger partial charge >= 0.3 is 18.3 Å². The quantitative estimate of drug-likeness (QED) is 0.0766. The molecule has 0 radical (unpaired) electrons. The number of esters is 1. The first-order valence-corrected chi connectivity index (χ1v) is 13.4. The molecule has 0 aliphatic heterocycles. The summed E-state index contributed by atoms with van der Waals surface area (Å²) < 4.78 is 84.5. The van der Waals surface area contributed by atoms with E-state index in [4.69, 9.17) is 4.74 Å². The predicted molar refractivity (Wildman–Crippen MR) is 135 cm³/mol. The zero-order valence-electron chi connectivity index (χ0n) is 17.9. The minimum Gasteiger partial charge on any atom is -0.422 e. The van der Waals surface area contributed by atoms with Crippen LogP contribution in [0.25, 0.3) is 0 Å². The summed E-state index contributed by atoms with van der Waals surface area (Å²) >= 11 is 3.27. The van der Waals surface area contributed by atoms with Crippen LogP contribution in [0.4, 0.5) is 26.3 Å². The lowest BCUT2D eigenvalue weighted by Gasteiger charge is -2.24. The van der Waals surface area contributed by atoms with Crippen LogP contribution in [0.2, 0.25) is 0 Å². The Balaban J connectivity index is 1.68. The smallest absolute Gasteiger partial charge is 0.416 e. The van der Waals surface area contributed by atoms with Crippen LogP contribution in [0, 0.1) is 3.57 Å². The molecule has 0 atom stereocenters. The molecule has 4 rings (SSSR count). The summed E-state index contributed by atoms with van der Waals surface area (Å²) in [6, 6.07) is 17.3. The lowest BCUT2D eigenvalue weighted by molar-refractivity contribution is -0.138. The summed E-state index contributed by atoms with van der Waals surface area (Å²) in [7, 11) is -1.49. The number of halogens is 7. The maximum absolute atomic E-state index is 13.1. The topological polar surface area (TPSA) is 26.3 Å². The number of hydrogen-bond acceptors (Lipinski definition) is 3. The number of ether oxygens (including phenoxy) is 1. The molecule has 0 aliphatic rings. The summed E-state index contributed by atoms with van der Waals surface area (Å²) in [6.45, 7) is 0. The average molecular weight is 652 g/mol. The Morgan fingerprint density at radius 3 is 1.47 bits per heavy atom. The molecule has 0 spiro atoms. The molecule has 0 fully saturated rings. The molecule has 0 N–H and O–H groups in total. The zero-order chi connectivity index (χ0) is 26.1. The standard InChI is InChI=1S/C25H15F6IO2S2/c26-24(27,28)15-1-7-18(8-2-15)36(19-9-3-16(4-10-19)25(29,30)31)20-11-5-17(6-12-20)34-23(33)22-21(32)13-14-35-22/h1-14,36H. The van der Waals surface area contributed by atoms with E-state index in [1.165, 1.54) is 35.6 Å². The van der Waals surface area contributed by atoms with Crippen LogP contribution in [0.15, 0.2) is 98.9 Å². The van der Waals surface area contributed by atoms with Gasteiger partial charge in [-0.25, -0.2) is 4.79 Å². The number of carbonyl (C=O) groups excluding carboxylic acids is 1. The average Bonchev–Trinajstić information content (AvgIpc) is 3.26. The van der Waals surface area contributed by atoms with Crippen molar-refractivity contribution in [1.82, 2.24) is 0 Å². The molecule has 0 unspecified atom stereocenters. The zero-order valence-corrected chi connectivity index (χ0v) is 21.8. The highest BCUT2D eigenvalue weighted by Gasteiger charge is 2.31. The highest BCUT2D eigenvalue weighted by molar-refractivity contribution is 14.1. The van der Waals surface area contributed by atoms with E-state index in [-0.39, 0.29) is 5.75 Å². The van der Waals surface area contributed by atoms with Crippen molar-refractivity contribution in [3.63, 3.8) is 0 Å². The third-order valence-electron chi connectivity index (χ3n) is 5.01. The van der Waals surface area contributed by atoms with Crippen molar-refractivity contribution in [3.05, 3.63) is 104 Å². The fourth-order valence-corrected chi connectivity index (χ4v) is 7.22. The van der Waals surface area contributed by atoms with Crippen molar-refractivity contribution in [2.75, 3.05) is 0 Å². The van der Waals surface area contributed by atoms with Gasteiger partial charge in [0.1, 0.15) is 10.6 Å². The minimum absolute atomic E-state index is 0.266. The maximum atomic E-state index is 13.1. The molecular weight excluding hydrogens is 637 g/mol. The Morgan fingerprint density at radius 2 is 1.11 bits per heavy atom. The molecule has 0 aliphatic carbocycles. The van der Waals surface area contributed by atoms with Crippen molar-refractivity contribution >= 4 is 50.8 Å². The summed E-state index contributed by atoms with van der Waals surface area (Å²) in [5.74, 6) is -0.252. The fourth-order valence-electron chi connectivity index (χ4n) is 3.30. The number of thiophene rings is 1. The molecule has 36 heavy (non-hydrogen) atoms. The van der Waals surface area contributed by atoms with Crippen LogP contribution in [-0.4, -0.2) is 5.97 Å². The van der Waals surface area contributed by atoms with E-state index in [0.717, 1.165) is 27.8 Å². The van der Waals surface area contributed by atoms with E-state index in [9.17, 15) is 31.1 Å². The predicted octanol–water partition coefficient (Wildman–Crippen LogP) is 9.09. The number of rotatable bonds is 5. The van der Waals surface area contributed by atoms with Crippen LogP contribution >= 0.6 is 44.8 Å². The molecular formula is C25H15F6IO2S2. The second-order valence-electron chi connectivity index (χ2n) is 7.41. The van der Waals surface area contributed by atoms with Crippen molar-refractivity contribution < 1.29 is 35.9 Å². The molecule has 4 aromatic rings. The number of thiol groups is 1. The highest BCUT2D eigenvalue weighted by atomic mass is 127. The van der Waals surface area contributed by atoms with Crippen LogP contribution in [0.3, 0.4) is 0 Å². The number of benzene rings is 3. The van der Waals surface area contributed by atoms with Crippen molar-refractivity contribution in [2.45, 2.75) is 27.0 Å². The molecule has 0 saturated carbocycles. The molecule has 2 nitrogen and oxygen atoms in total. The summed E-state index contributed by atoms with van der Waals surface area (Å²) in [6.07, 6.45) is -9.02. The summed E-state index contributed by atoms with van der Waals surface area (Å²) in [5.41, 5.74) is -1.64. The second-order valence-corrected chi connectivity index (χ2v) is 11.7. The Labute approximate surface area is 222 Å². The van der Waals surface area contributed by atoms with Gasteiger partial charge in [0, 0.05) is 3.57 Å². The van der Waals surface area contributed by atoms with Gasteiger partial charge in [-0.2, -0.15) is 37.2 Å². The van der Waals surface area contributed by atoms with Crippen molar-refractivity contribution in [1.29, 1.82) is 0 Å². The molecule has 188 valence electrons. The molecule has 3 aromatic carbocycles. The summed E-state index contributed by atoms with van der Waals surface area (Å²) in [5, 5.41) is 1.77. The first kappa shape index (κ1) is 26.6. The number of hydrogen-bond donors (Lipinski definition) is 1. The van der Waals surface area contributed by atoms with Crippen LogP contribution < -0.4 is 4.74 Å². The third kappa shape index (κ3) is 6.06. The Kier molecular flexibility index (Phi) is 7.72. The molecule has 11 heteroatoms. The lowest BCUT2D eigenvalue weighted by atomic mass is 10.2. The van der Waals surface area contributed by atoms with Gasteiger partial charge in [-0.3, -0.25) is 0 Å². The Bertz CT molecular complexity index is 1290. The Morgan fingerprint density at radius 1 is 0.694 bits per heavy atom. The van der Waals surface area contributed by atoms with Gasteiger partial charge in [-0.1, -0.05) is 0 Å². The van der Waals surface area contributed by atoms with Gasteiger partial charge in [-0.15, -0.1) is 11.3 Å².